The van der Waals surface area contributed by atoms with E-state index in [1.54, 1.807) is 11.6 Å². The van der Waals surface area contributed by atoms with Crippen LogP contribution < -0.4 is 0 Å². The monoisotopic (exact) mass is 358 g/mol. The van der Waals surface area contributed by atoms with E-state index in [1.165, 1.54) is 0 Å². The molecule has 0 unspecified atom stereocenters. The Labute approximate surface area is 153 Å². The maximum absolute atomic E-state index is 12.9. The molecular weight excluding hydrogens is 332 g/mol. The normalized spacial score (nSPS) is 17.5. The summed E-state index contributed by atoms with van der Waals surface area (Å²) in [6.45, 7) is 8.33. The zero-order valence-electron chi connectivity index (χ0n) is 15.9. The van der Waals surface area contributed by atoms with Crippen molar-refractivity contribution >= 4 is 11.7 Å². The summed E-state index contributed by atoms with van der Waals surface area (Å²) in [6, 6.07) is 1.90. The van der Waals surface area contributed by atoms with Gasteiger partial charge in [0.05, 0.1) is 17.3 Å². The fraction of sp³-hybridized carbons (Fsp3) is 0.579. The van der Waals surface area contributed by atoms with Gasteiger partial charge in [-0.25, -0.2) is 0 Å². The van der Waals surface area contributed by atoms with E-state index in [1.807, 2.05) is 31.7 Å². The summed E-state index contributed by atoms with van der Waals surface area (Å²) in [5.74, 6) is 0.861. The lowest BCUT2D eigenvalue weighted by Crippen LogP contribution is -2.39. The molecule has 2 aromatic heterocycles. The van der Waals surface area contributed by atoms with Crippen LogP contribution in [0.1, 0.15) is 71.8 Å². The quantitative estimate of drug-likeness (QED) is 0.767. The summed E-state index contributed by atoms with van der Waals surface area (Å²) in [5.41, 5.74) is 3.04. The molecule has 140 valence electrons. The average Bonchev–Trinajstić information content (AvgIpc) is 3.15. The van der Waals surface area contributed by atoms with E-state index in [-0.39, 0.29) is 17.7 Å². The topological polar surface area (TPSA) is 81.2 Å². The van der Waals surface area contributed by atoms with E-state index < -0.39 is 0 Å². The molecule has 26 heavy (non-hydrogen) atoms. The number of likely N-dealkylation sites (tertiary alicyclic amines) is 1. The van der Waals surface area contributed by atoms with Crippen molar-refractivity contribution < 1.29 is 14.1 Å². The largest absolute Gasteiger partial charge is 0.361 e. The van der Waals surface area contributed by atoms with Crippen LogP contribution >= 0.6 is 0 Å². The Balaban J connectivity index is 1.71. The number of hydrogen-bond acceptors (Lipinski definition) is 5. The van der Waals surface area contributed by atoms with Crippen LogP contribution in [0, 0.1) is 20.8 Å². The molecule has 0 aromatic carbocycles. The van der Waals surface area contributed by atoms with E-state index in [9.17, 15) is 9.59 Å². The van der Waals surface area contributed by atoms with Crippen LogP contribution in [0.15, 0.2) is 10.6 Å². The molecule has 0 aliphatic carbocycles. The Morgan fingerprint density at radius 2 is 2.04 bits per heavy atom. The number of carbonyl (C=O) groups excluding carboxylic acids is 2. The van der Waals surface area contributed by atoms with Gasteiger partial charge >= 0.3 is 0 Å². The van der Waals surface area contributed by atoms with E-state index in [0.29, 0.717) is 18.5 Å². The molecule has 0 spiro atoms. The number of amides is 1. The SMILES string of the molecule is CC(=O)c1c(C)nn(CCC(=O)N2CCCC[C@@H]2c2cc(C)on2)c1C. The molecule has 0 bridgehead atoms. The van der Waals surface area contributed by atoms with Gasteiger partial charge in [-0.3, -0.25) is 14.3 Å². The van der Waals surface area contributed by atoms with Gasteiger partial charge in [-0.1, -0.05) is 5.16 Å². The minimum Gasteiger partial charge on any atom is -0.361 e. The summed E-state index contributed by atoms with van der Waals surface area (Å²) in [7, 11) is 0. The number of ketones is 1. The number of Topliss-reactive ketones (excluding diaryl/α,β-unsaturated/α-hetero) is 1. The highest BCUT2D eigenvalue weighted by Crippen LogP contribution is 2.31. The molecule has 3 heterocycles. The predicted octanol–water partition coefficient (Wildman–Crippen LogP) is 3.14. The Bertz CT molecular complexity index is 821. The third-order valence-corrected chi connectivity index (χ3v) is 5.08. The second-order valence-electron chi connectivity index (χ2n) is 7.04. The van der Waals surface area contributed by atoms with Gasteiger partial charge in [0.2, 0.25) is 5.91 Å². The van der Waals surface area contributed by atoms with Crippen molar-refractivity contribution in [3.63, 3.8) is 0 Å². The van der Waals surface area contributed by atoms with Gasteiger partial charge in [-0.2, -0.15) is 5.10 Å². The zero-order valence-corrected chi connectivity index (χ0v) is 15.9. The second-order valence-corrected chi connectivity index (χ2v) is 7.04. The molecule has 3 rings (SSSR count). The molecule has 2 aromatic rings. The highest BCUT2D eigenvalue weighted by atomic mass is 16.5. The van der Waals surface area contributed by atoms with Crippen LogP contribution in [0.2, 0.25) is 0 Å². The van der Waals surface area contributed by atoms with Crippen molar-refractivity contribution in [1.82, 2.24) is 19.8 Å². The summed E-state index contributed by atoms with van der Waals surface area (Å²) in [6.07, 6.45) is 3.35. The Morgan fingerprint density at radius 1 is 1.27 bits per heavy atom. The van der Waals surface area contributed by atoms with E-state index >= 15 is 0 Å². The molecule has 0 radical (unpaired) electrons. The summed E-state index contributed by atoms with van der Waals surface area (Å²) < 4.78 is 6.96. The number of hydrogen-bond donors (Lipinski definition) is 0. The van der Waals surface area contributed by atoms with Gasteiger partial charge in [0.25, 0.3) is 0 Å². The summed E-state index contributed by atoms with van der Waals surface area (Å²) >= 11 is 0. The smallest absolute Gasteiger partial charge is 0.225 e. The molecule has 7 nitrogen and oxygen atoms in total. The van der Waals surface area contributed by atoms with Gasteiger partial charge in [0.15, 0.2) is 5.78 Å². The predicted molar refractivity (Wildman–Crippen MR) is 95.9 cm³/mol. The molecule has 7 heteroatoms. The molecular formula is C19H26N4O3. The van der Waals surface area contributed by atoms with Crippen LogP contribution in [0.3, 0.4) is 0 Å². The van der Waals surface area contributed by atoms with Crippen molar-refractivity contribution in [2.24, 2.45) is 0 Å². The third-order valence-electron chi connectivity index (χ3n) is 5.08. The van der Waals surface area contributed by atoms with Crippen molar-refractivity contribution in [1.29, 1.82) is 0 Å². The Hall–Kier alpha value is -2.44. The van der Waals surface area contributed by atoms with Crippen molar-refractivity contribution in [2.75, 3.05) is 6.54 Å². The van der Waals surface area contributed by atoms with Crippen LogP contribution in [0.5, 0.6) is 0 Å². The van der Waals surface area contributed by atoms with Gasteiger partial charge in [0, 0.05) is 31.3 Å². The van der Waals surface area contributed by atoms with E-state index in [2.05, 4.69) is 10.3 Å². The maximum atomic E-state index is 12.9. The Morgan fingerprint density at radius 3 is 2.65 bits per heavy atom. The molecule has 1 fully saturated rings. The van der Waals surface area contributed by atoms with Crippen LogP contribution in [-0.2, 0) is 11.3 Å². The number of rotatable bonds is 5. The minimum atomic E-state index is -0.0121. The number of aromatic nitrogens is 3. The summed E-state index contributed by atoms with van der Waals surface area (Å²) in [4.78, 5) is 26.5. The molecule has 1 saturated heterocycles. The van der Waals surface area contributed by atoms with Crippen molar-refractivity contribution in [3.8, 4) is 0 Å². The molecule has 1 atom stereocenters. The van der Waals surface area contributed by atoms with Gasteiger partial charge in [-0.15, -0.1) is 0 Å². The number of nitrogens with zero attached hydrogens (tertiary/aromatic N) is 4. The van der Waals surface area contributed by atoms with Crippen molar-refractivity contribution in [2.45, 2.75) is 66.0 Å². The summed E-state index contributed by atoms with van der Waals surface area (Å²) in [5, 5.41) is 8.54. The fourth-order valence-electron chi connectivity index (χ4n) is 3.85. The third kappa shape index (κ3) is 3.57. The molecule has 1 amide bonds. The highest BCUT2D eigenvalue weighted by Gasteiger charge is 2.30. The first kappa shape index (κ1) is 18.4. The van der Waals surface area contributed by atoms with Crippen LogP contribution in [0.4, 0.5) is 0 Å². The van der Waals surface area contributed by atoms with E-state index in [4.69, 9.17) is 4.52 Å². The average molecular weight is 358 g/mol. The standard InChI is InChI=1S/C19H26N4O3/c1-12-11-16(21-26-12)17-7-5-6-9-22(17)18(25)8-10-23-14(3)19(15(4)24)13(2)20-23/h11,17H,5-10H2,1-4H3/t17-/m1/s1. The molecule has 1 aliphatic rings. The Kier molecular flexibility index (Phi) is 5.25. The van der Waals surface area contributed by atoms with Crippen LogP contribution in [0.25, 0.3) is 0 Å². The molecule has 0 N–H and O–H groups in total. The molecule has 0 saturated carbocycles. The second kappa shape index (κ2) is 7.43. The number of piperidine rings is 1. The molecule has 1 aliphatic heterocycles. The van der Waals surface area contributed by atoms with Crippen molar-refractivity contribution in [3.05, 3.63) is 34.5 Å². The zero-order chi connectivity index (χ0) is 18.8. The first-order valence-corrected chi connectivity index (χ1v) is 9.16. The lowest BCUT2D eigenvalue weighted by atomic mass is 9.98. The number of aryl methyl sites for hydroxylation is 3. The fourth-order valence-corrected chi connectivity index (χ4v) is 3.85. The van der Waals surface area contributed by atoms with Gasteiger partial charge in [-0.05, 0) is 47.0 Å². The van der Waals surface area contributed by atoms with Crippen LogP contribution in [-0.4, -0.2) is 38.1 Å². The first-order valence-electron chi connectivity index (χ1n) is 9.16. The first-order chi connectivity index (χ1) is 12.4. The van der Waals surface area contributed by atoms with E-state index in [0.717, 1.165) is 48.6 Å². The highest BCUT2D eigenvalue weighted by molar-refractivity contribution is 5.96. The lowest BCUT2D eigenvalue weighted by molar-refractivity contribution is -0.135. The lowest BCUT2D eigenvalue weighted by Gasteiger charge is -2.34. The van der Waals surface area contributed by atoms with Gasteiger partial charge in [0.1, 0.15) is 11.5 Å². The number of carbonyl (C=O) groups is 2. The minimum absolute atomic E-state index is 0.00933. The van der Waals surface area contributed by atoms with Gasteiger partial charge < -0.3 is 9.42 Å². The maximum Gasteiger partial charge on any atom is 0.225 e.